The van der Waals surface area contributed by atoms with Crippen molar-refractivity contribution in [2.75, 3.05) is 6.61 Å². The first-order chi connectivity index (χ1) is 7.10. The Morgan fingerprint density at radius 1 is 1.40 bits per heavy atom. The quantitative estimate of drug-likeness (QED) is 0.752. The van der Waals surface area contributed by atoms with E-state index >= 15 is 0 Å². The monoisotopic (exact) mass is 203 g/mol. The number of hydrogen-bond donors (Lipinski definition) is 0. The van der Waals surface area contributed by atoms with Crippen molar-refractivity contribution in [2.45, 2.75) is 32.6 Å². The summed E-state index contributed by atoms with van der Waals surface area (Å²) in [7, 11) is 0. The Labute approximate surface area is 91.5 Å². The summed E-state index contributed by atoms with van der Waals surface area (Å²) in [5, 5.41) is 9.02. The van der Waals surface area contributed by atoms with Crippen LogP contribution in [0.1, 0.15) is 32.8 Å². The van der Waals surface area contributed by atoms with Gasteiger partial charge in [-0.2, -0.15) is 5.26 Å². The van der Waals surface area contributed by atoms with E-state index in [9.17, 15) is 0 Å². The van der Waals surface area contributed by atoms with Crippen molar-refractivity contribution < 1.29 is 4.74 Å². The van der Waals surface area contributed by atoms with Gasteiger partial charge in [0.25, 0.3) is 0 Å². The molecule has 0 saturated heterocycles. The topological polar surface area (TPSA) is 33.0 Å². The predicted octanol–water partition coefficient (Wildman–Crippen LogP) is 3.28. The number of ether oxygens (including phenoxy) is 1. The zero-order valence-corrected chi connectivity index (χ0v) is 9.58. The minimum Gasteiger partial charge on any atom is -0.494 e. The third-order valence-electron chi connectivity index (χ3n) is 2.31. The van der Waals surface area contributed by atoms with E-state index in [0.717, 1.165) is 24.3 Å². The summed E-state index contributed by atoms with van der Waals surface area (Å²) in [4.78, 5) is 0. The number of nitriles is 1. The molecular formula is C13H17NO. The SMILES string of the molecule is CCCOc1cccc(C(C)(C)C#N)c1. The Bertz CT molecular complexity index is 363. The second kappa shape index (κ2) is 4.84. The van der Waals surface area contributed by atoms with Crippen molar-refractivity contribution in [1.82, 2.24) is 0 Å². The van der Waals surface area contributed by atoms with Gasteiger partial charge in [0.05, 0.1) is 18.1 Å². The number of nitrogens with zero attached hydrogens (tertiary/aromatic N) is 1. The number of benzene rings is 1. The molecule has 1 rings (SSSR count). The Morgan fingerprint density at radius 2 is 2.13 bits per heavy atom. The van der Waals surface area contributed by atoms with E-state index in [1.54, 1.807) is 0 Å². The smallest absolute Gasteiger partial charge is 0.119 e. The Morgan fingerprint density at radius 3 is 2.73 bits per heavy atom. The summed E-state index contributed by atoms with van der Waals surface area (Å²) < 4.78 is 5.53. The molecule has 0 N–H and O–H groups in total. The molecule has 0 radical (unpaired) electrons. The van der Waals surface area contributed by atoms with Crippen molar-refractivity contribution in [2.24, 2.45) is 0 Å². The first kappa shape index (κ1) is 11.6. The summed E-state index contributed by atoms with van der Waals surface area (Å²) in [6.45, 7) is 6.61. The Hall–Kier alpha value is -1.49. The molecule has 80 valence electrons. The van der Waals surface area contributed by atoms with Crippen LogP contribution in [0.4, 0.5) is 0 Å². The minimum absolute atomic E-state index is 0.453. The van der Waals surface area contributed by atoms with Crippen LogP contribution in [0.25, 0.3) is 0 Å². The average Bonchev–Trinajstić information content (AvgIpc) is 2.27. The first-order valence-corrected chi connectivity index (χ1v) is 5.24. The zero-order valence-electron chi connectivity index (χ0n) is 9.58. The van der Waals surface area contributed by atoms with Crippen LogP contribution in [0.5, 0.6) is 5.75 Å². The highest BCUT2D eigenvalue weighted by Gasteiger charge is 2.19. The molecule has 15 heavy (non-hydrogen) atoms. The largest absolute Gasteiger partial charge is 0.494 e. The molecule has 0 aromatic heterocycles. The predicted molar refractivity (Wildman–Crippen MR) is 60.9 cm³/mol. The number of hydrogen-bond acceptors (Lipinski definition) is 2. The van der Waals surface area contributed by atoms with Gasteiger partial charge in [-0.05, 0) is 38.0 Å². The molecule has 0 bridgehead atoms. The van der Waals surface area contributed by atoms with Crippen molar-refractivity contribution in [3.05, 3.63) is 29.8 Å². The fourth-order valence-electron chi connectivity index (χ4n) is 1.26. The van der Waals surface area contributed by atoms with E-state index in [0.29, 0.717) is 0 Å². The lowest BCUT2D eigenvalue weighted by molar-refractivity contribution is 0.317. The molecule has 0 heterocycles. The standard InChI is InChI=1S/C13H17NO/c1-4-8-15-12-7-5-6-11(9-12)13(2,3)10-14/h5-7,9H,4,8H2,1-3H3. The van der Waals surface area contributed by atoms with E-state index < -0.39 is 5.41 Å². The van der Waals surface area contributed by atoms with Crippen LogP contribution in [0.3, 0.4) is 0 Å². The van der Waals surface area contributed by atoms with Gasteiger partial charge in [0, 0.05) is 0 Å². The van der Waals surface area contributed by atoms with Gasteiger partial charge >= 0.3 is 0 Å². The minimum atomic E-state index is -0.453. The fraction of sp³-hybridized carbons (Fsp3) is 0.462. The number of rotatable bonds is 4. The normalized spacial score (nSPS) is 10.8. The maximum atomic E-state index is 9.02. The molecular weight excluding hydrogens is 186 g/mol. The van der Waals surface area contributed by atoms with Gasteiger partial charge in [-0.15, -0.1) is 0 Å². The third-order valence-corrected chi connectivity index (χ3v) is 2.31. The van der Waals surface area contributed by atoms with Crippen molar-refractivity contribution in [3.8, 4) is 11.8 Å². The van der Waals surface area contributed by atoms with E-state index in [2.05, 4.69) is 13.0 Å². The highest BCUT2D eigenvalue weighted by molar-refractivity contribution is 5.36. The van der Waals surface area contributed by atoms with E-state index in [1.807, 2.05) is 38.1 Å². The summed E-state index contributed by atoms with van der Waals surface area (Å²) in [5.41, 5.74) is 0.546. The second-order valence-corrected chi connectivity index (χ2v) is 4.11. The molecule has 0 spiro atoms. The van der Waals surface area contributed by atoms with Gasteiger partial charge in [0.2, 0.25) is 0 Å². The molecule has 1 aromatic rings. The second-order valence-electron chi connectivity index (χ2n) is 4.11. The molecule has 2 nitrogen and oxygen atoms in total. The first-order valence-electron chi connectivity index (χ1n) is 5.24. The summed E-state index contributed by atoms with van der Waals surface area (Å²) in [6.07, 6.45) is 0.992. The van der Waals surface area contributed by atoms with Crippen LogP contribution < -0.4 is 4.74 Å². The molecule has 0 aliphatic carbocycles. The maximum absolute atomic E-state index is 9.02. The Balaban J connectivity index is 2.89. The molecule has 0 aliphatic heterocycles. The molecule has 0 aliphatic rings. The van der Waals surface area contributed by atoms with Crippen LogP contribution in [-0.4, -0.2) is 6.61 Å². The van der Waals surface area contributed by atoms with Crippen LogP contribution in [0, 0.1) is 11.3 Å². The lowest BCUT2D eigenvalue weighted by atomic mass is 9.86. The summed E-state index contributed by atoms with van der Waals surface area (Å²) in [6, 6.07) is 10.0. The molecule has 0 saturated carbocycles. The lowest BCUT2D eigenvalue weighted by Gasteiger charge is -2.16. The van der Waals surface area contributed by atoms with E-state index in [1.165, 1.54) is 0 Å². The molecule has 0 fully saturated rings. The fourth-order valence-corrected chi connectivity index (χ4v) is 1.26. The van der Waals surface area contributed by atoms with Gasteiger partial charge < -0.3 is 4.74 Å². The summed E-state index contributed by atoms with van der Waals surface area (Å²) >= 11 is 0. The molecule has 0 unspecified atom stereocenters. The summed E-state index contributed by atoms with van der Waals surface area (Å²) in [5.74, 6) is 0.845. The lowest BCUT2D eigenvalue weighted by Crippen LogP contribution is -2.13. The van der Waals surface area contributed by atoms with Crippen LogP contribution in [-0.2, 0) is 5.41 Å². The van der Waals surface area contributed by atoms with E-state index in [-0.39, 0.29) is 0 Å². The highest BCUT2D eigenvalue weighted by atomic mass is 16.5. The maximum Gasteiger partial charge on any atom is 0.119 e. The average molecular weight is 203 g/mol. The van der Waals surface area contributed by atoms with Gasteiger partial charge in [-0.1, -0.05) is 19.1 Å². The van der Waals surface area contributed by atoms with E-state index in [4.69, 9.17) is 10.00 Å². The van der Waals surface area contributed by atoms with Gasteiger partial charge in [-0.25, -0.2) is 0 Å². The van der Waals surface area contributed by atoms with Crippen LogP contribution in [0.2, 0.25) is 0 Å². The van der Waals surface area contributed by atoms with Crippen molar-refractivity contribution in [1.29, 1.82) is 5.26 Å². The zero-order chi connectivity index (χ0) is 11.3. The van der Waals surface area contributed by atoms with Crippen molar-refractivity contribution >= 4 is 0 Å². The Kier molecular flexibility index (Phi) is 3.74. The molecule has 1 aromatic carbocycles. The molecule has 0 amide bonds. The van der Waals surface area contributed by atoms with Crippen LogP contribution >= 0.6 is 0 Å². The molecule has 2 heteroatoms. The third kappa shape index (κ3) is 2.99. The van der Waals surface area contributed by atoms with Gasteiger partial charge in [0.1, 0.15) is 5.75 Å². The molecule has 0 atom stereocenters. The van der Waals surface area contributed by atoms with Crippen molar-refractivity contribution in [3.63, 3.8) is 0 Å². The van der Waals surface area contributed by atoms with Crippen LogP contribution in [0.15, 0.2) is 24.3 Å². The highest BCUT2D eigenvalue weighted by Crippen LogP contribution is 2.25. The van der Waals surface area contributed by atoms with Gasteiger partial charge in [-0.3, -0.25) is 0 Å². The van der Waals surface area contributed by atoms with Gasteiger partial charge in [0.15, 0.2) is 0 Å².